The number of rotatable bonds is 1. The summed E-state index contributed by atoms with van der Waals surface area (Å²) < 4.78 is 38.7. The van der Waals surface area contributed by atoms with Gasteiger partial charge in [0, 0.05) is 51.6 Å². The lowest BCUT2D eigenvalue weighted by atomic mass is 10.1. The lowest BCUT2D eigenvalue weighted by Gasteiger charge is -2.00. The van der Waals surface area contributed by atoms with E-state index in [-0.39, 0.29) is 11.6 Å². The maximum absolute atomic E-state index is 13.3. The van der Waals surface area contributed by atoms with Gasteiger partial charge in [-0.2, -0.15) is 0 Å². The van der Waals surface area contributed by atoms with Gasteiger partial charge in [0.2, 0.25) is 0 Å². The molecule has 7 heteroatoms. The van der Waals surface area contributed by atoms with Crippen LogP contribution in [-0.2, 0) is 0 Å². The third-order valence-electron chi connectivity index (χ3n) is 6.69. The van der Waals surface area contributed by atoms with Crippen molar-refractivity contribution in [2.45, 2.75) is 6.92 Å². The summed E-state index contributed by atoms with van der Waals surface area (Å²) in [6.45, 7) is 1.99. The molecule has 0 spiro atoms. The Bertz CT molecular complexity index is 2140. The van der Waals surface area contributed by atoms with Crippen LogP contribution in [0.3, 0.4) is 0 Å². The fourth-order valence-electron chi connectivity index (χ4n) is 4.75. The number of pyridine rings is 2. The summed E-state index contributed by atoms with van der Waals surface area (Å²) in [5.41, 5.74) is 5.59. The van der Waals surface area contributed by atoms with Crippen LogP contribution in [0.15, 0.2) is 135 Å². The number of furan rings is 2. The lowest BCUT2D eigenvalue weighted by Crippen LogP contribution is -1.81. The molecule has 4 nitrogen and oxygen atoms in total. The van der Waals surface area contributed by atoms with Crippen molar-refractivity contribution in [3.63, 3.8) is 0 Å². The Kier molecular flexibility index (Phi) is 7.75. The van der Waals surface area contributed by atoms with Crippen molar-refractivity contribution < 1.29 is 17.6 Å². The zero-order chi connectivity index (χ0) is 29.1. The van der Waals surface area contributed by atoms with Gasteiger partial charge in [0.1, 0.15) is 38.6 Å². The third kappa shape index (κ3) is 5.64. The van der Waals surface area contributed by atoms with Crippen LogP contribution in [0.2, 0.25) is 0 Å². The van der Waals surface area contributed by atoms with Gasteiger partial charge in [-0.3, -0.25) is 4.98 Å². The minimum atomic E-state index is -0.295. The van der Waals surface area contributed by atoms with Crippen molar-refractivity contribution in [3.8, 4) is 11.3 Å². The molecule has 206 valence electrons. The van der Waals surface area contributed by atoms with Gasteiger partial charge in [-0.1, -0.05) is 42.5 Å². The van der Waals surface area contributed by atoms with E-state index in [1.165, 1.54) is 24.3 Å². The number of fused-ring (bicyclic) bond motifs is 6. The van der Waals surface area contributed by atoms with Crippen LogP contribution in [-0.4, -0.2) is 9.97 Å². The lowest BCUT2D eigenvalue weighted by molar-refractivity contribution is 0.617. The summed E-state index contributed by atoms with van der Waals surface area (Å²) >= 11 is 3.20. The molecule has 0 aliphatic heterocycles. The molecule has 0 saturated heterocycles. The normalized spacial score (nSPS) is 10.9. The van der Waals surface area contributed by atoms with E-state index in [0.717, 1.165) is 54.1 Å². The number of benzene rings is 4. The second-order valence-electron chi connectivity index (χ2n) is 9.49. The Morgan fingerprint density at radius 3 is 1.74 bits per heavy atom. The second kappa shape index (κ2) is 11.9. The third-order valence-corrected chi connectivity index (χ3v) is 7.16. The maximum atomic E-state index is 13.3. The number of hydrogen-bond donors (Lipinski definition) is 0. The molecule has 42 heavy (non-hydrogen) atoms. The van der Waals surface area contributed by atoms with Gasteiger partial charge in [-0.25, -0.2) is 13.8 Å². The van der Waals surface area contributed by atoms with Crippen LogP contribution < -0.4 is 0 Å². The fourth-order valence-corrected chi connectivity index (χ4v) is 5.02. The van der Waals surface area contributed by atoms with E-state index < -0.39 is 0 Å². The Labute approximate surface area is 248 Å². The van der Waals surface area contributed by atoms with Crippen molar-refractivity contribution in [2.24, 2.45) is 0 Å². The van der Waals surface area contributed by atoms with Crippen LogP contribution in [0, 0.1) is 18.6 Å². The van der Waals surface area contributed by atoms with Crippen LogP contribution in [0.5, 0.6) is 0 Å². The summed E-state index contributed by atoms with van der Waals surface area (Å²) in [5, 5.41) is 3.91. The highest BCUT2D eigenvalue weighted by molar-refractivity contribution is 9.10. The van der Waals surface area contributed by atoms with Gasteiger partial charge in [0.25, 0.3) is 0 Å². The first-order chi connectivity index (χ1) is 20.5. The van der Waals surface area contributed by atoms with Gasteiger partial charge in [0.05, 0.1) is 5.69 Å². The molecule has 0 atom stereocenters. The molecule has 0 radical (unpaired) electrons. The zero-order valence-corrected chi connectivity index (χ0v) is 24.0. The summed E-state index contributed by atoms with van der Waals surface area (Å²) in [7, 11) is 0. The van der Waals surface area contributed by atoms with Crippen LogP contribution >= 0.6 is 15.9 Å². The minimum absolute atomic E-state index is 0.265. The van der Waals surface area contributed by atoms with Crippen LogP contribution in [0.1, 0.15) is 5.56 Å². The fraction of sp³-hybridized carbons (Fsp3) is 0.0286. The number of halogens is 3. The average Bonchev–Trinajstić information content (AvgIpc) is 3.57. The quantitative estimate of drug-likeness (QED) is 0.171. The maximum Gasteiger partial charge on any atom is 0.144 e. The Hall–Kier alpha value is -4.88. The van der Waals surface area contributed by atoms with E-state index in [9.17, 15) is 8.78 Å². The van der Waals surface area contributed by atoms with Crippen molar-refractivity contribution in [1.29, 1.82) is 0 Å². The van der Waals surface area contributed by atoms with E-state index in [1.54, 1.807) is 24.5 Å². The molecule has 0 aliphatic carbocycles. The summed E-state index contributed by atoms with van der Waals surface area (Å²) in [5.74, 6) is -0.560. The number of nitrogens with zero attached hydrogens (tertiary/aromatic N) is 2. The predicted octanol–water partition coefficient (Wildman–Crippen LogP) is 10.7. The zero-order valence-electron chi connectivity index (χ0n) is 22.4. The first-order valence-electron chi connectivity index (χ1n) is 13.1. The Morgan fingerprint density at radius 1 is 0.571 bits per heavy atom. The average molecular weight is 621 g/mol. The molecular formula is C35H23BrF2N2O2. The monoisotopic (exact) mass is 620 g/mol. The molecule has 0 amide bonds. The van der Waals surface area contributed by atoms with Gasteiger partial charge >= 0.3 is 0 Å². The summed E-state index contributed by atoms with van der Waals surface area (Å²) in [6, 6.07) is 32.6. The molecule has 4 aromatic heterocycles. The van der Waals surface area contributed by atoms with E-state index in [0.29, 0.717) is 11.2 Å². The SMILES string of the molecule is Brc1ccccn1.Cc1cccc2c1oc1cc(F)ccc12.Fc1ccc2c(c1)oc1c(-c3ccccn3)cccc12. The highest BCUT2D eigenvalue weighted by Crippen LogP contribution is 2.35. The molecular weight excluding hydrogens is 598 g/mol. The standard InChI is InChI=1S/C17H10FNO.C13H9FO.C5H4BrN/c18-11-7-8-12-13-4-3-5-14(15-6-1-2-9-19-15)17(13)20-16(12)10-11;1-8-3-2-4-11-10-6-5-9(14)7-12(10)15-13(8)11;6-5-3-1-2-4-7-5/h1-10H;2-7H,1H3;1-4H. The molecule has 4 heterocycles. The van der Waals surface area contributed by atoms with Gasteiger partial charge < -0.3 is 8.83 Å². The van der Waals surface area contributed by atoms with Gasteiger partial charge in [-0.15, -0.1) is 0 Å². The van der Waals surface area contributed by atoms with Gasteiger partial charge in [0.15, 0.2) is 0 Å². The van der Waals surface area contributed by atoms with Crippen molar-refractivity contribution in [3.05, 3.63) is 143 Å². The van der Waals surface area contributed by atoms with Crippen molar-refractivity contribution >= 4 is 59.8 Å². The summed E-state index contributed by atoms with van der Waals surface area (Å²) in [6.07, 6.45) is 3.49. The largest absolute Gasteiger partial charge is 0.456 e. The summed E-state index contributed by atoms with van der Waals surface area (Å²) in [4.78, 5) is 8.25. The first-order valence-corrected chi connectivity index (χ1v) is 13.9. The molecule has 8 rings (SSSR count). The number of aromatic nitrogens is 2. The minimum Gasteiger partial charge on any atom is -0.456 e. The van der Waals surface area contributed by atoms with E-state index in [2.05, 4.69) is 25.9 Å². The number of para-hydroxylation sites is 2. The van der Waals surface area contributed by atoms with Crippen LogP contribution in [0.25, 0.3) is 55.1 Å². The van der Waals surface area contributed by atoms with E-state index >= 15 is 0 Å². The molecule has 0 unspecified atom stereocenters. The van der Waals surface area contributed by atoms with E-state index in [1.807, 2.05) is 79.7 Å². The molecule has 0 aliphatic rings. The molecule has 8 aromatic rings. The molecule has 0 fully saturated rings. The molecule has 4 aromatic carbocycles. The van der Waals surface area contributed by atoms with Crippen LogP contribution in [0.4, 0.5) is 8.78 Å². The second-order valence-corrected chi connectivity index (χ2v) is 10.3. The molecule has 0 N–H and O–H groups in total. The highest BCUT2D eigenvalue weighted by Gasteiger charge is 2.13. The van der Waals surface area contributed by atoms with Crippen molar-refractivity contribution in [1.82, 2.24) is 9.97 Å². The van der Waals surface area contributed by atoms with Crippen molar-refractivity contribution in [2.75, 3.05) is 0 Å². The Balaban J connectivity index is 0.000000126. The van der Waals surface area contributed by atoms with E-state index in [4.69, 9.17) is 8.83 Å². The smallest absolute Gasteiger partial charge is 0.144 e. The van der Waals surface area contributed by atoms with Gasteiger partial charge in [-0.05, 0) is 83.0 Å². The highest BCUT2D eigenvalue weighted by atomic mass is 79.9. The first kappa shape index (κ1) is 27.3. The number of hydrogen-bond acceptors (Lipinski definition) is 4. The molecule has 0 bridgehead atoms. The number of aryl methyl sites for hydroxylation is 1. The Morgan fingerprint density at radius 2 is 1.17 bits per heavy atom. The molecule has 0 saturated carbocycles. The topological polar surface area (TPSA) is 52.1 Å². The predicted molar refractivity (Wildman–Crippen MR) is 167 cm³/mol.